The summed E-state index contributed by atoms with van der Waals surface area (Å²) in [5.41, 5.74) is 1.40. The third-order valence-electron chi connectivity index (χ3n) is 4.53. The van der Waals surface area contributed by atoms with Gasteiger partial charge in [-0.2, -0.15) is 0 Å². The number of anilines is 1. The molecule has 2 heterocycles. The van der Waals surface area contributed by atoms with Gasteiger partial charge in [-0.15, -0.1) is 0 Å². The zero-order valence-corrected chi connectivity index (χ0v) is 16.3. The maximum atomic E-state index is 12.4. The van der Waals surface area contributed by atoms with Gasteiger partial charge in [-0.3, -0.25) is 4.98 Å². The number of carbonyl (C=O) groups is 1. The van der Waals surface area contributed by atoms with Crippen LogP contribution in [0.15, 0.2) is 53.7 Å². The van der Waals surface area contributed by atoms with E-state index in [1.54, 1.807) is 30.6 Å². The van der Waals surface area contributed by atoms with Gasteiger partial charge in [0.2, 0.25) is 10.0 Å². The van der Waals surface area contributed by atoms with Crippen molar-refractivity contribution in [3.8, 4) is 0 Å². The van der Waals surface area contributed by atoms with Crippen LogP contribution in [-0.4, -0.2) is 38.6 Å². The number of rotatable bonds is 7. The molecule has 2 amide bonds. The number of carbonyl (C=O) groups excluding carboxylic acids is 1. The second-order valence-electron chi connectivity index (χ2n) is 6.69. The lowest BCUT2D eigenvalue weighted by Gasteiger charge is -2.23. The van der Waals surface area contributed by atoms with E-state index in [-0.39, 0.29) is 17.0 Å². The molecule has 4 N–H and O–H groups in total. The molecule has 2 aromatic rings. The Bertz CT molecular complexity index is 866. The Morgan fingerprint density at radius 1 is 1.18 bits per heavy atom. The van der Waals surface area contributed by atoms with Gasteiger partial charge in [0.15, 0.2) is 0 Å². The molecule has 1 aliphatic heterocycles. The molecular formula is C19H25N5O3S. The molecule has 0 aliphatic carbocycles. The van der Waals surface area contributed by atoms with E-state index in [9.17, 15) is 13.2 Å². The number of hydrogen-bond donors (Lipinski definition) is 4. The lowest BCUT2D eigenvalue weighted by Crippen LogP contribution is -2.43. The number of piperidine rings is 1. The summed E-state index contributed by atoms with van der Waals surface area (Å²) in [5, 5.41) is 8.71. The summed E-state index contributed by atoms with van der Waals surface area (Å²) in [7, 11) is -3.58. The maximum absolute atomic E-state index is 12.4. The zero-order chi connectivity index (χ0) is 19.8. The molecule has 28 heavy (non-hydrogen) atoms. The van der Waals surface area contributed by atoms with E-state index in [1.165, 1.54) is 12.1 Å². The first-order chi connectivity index (χ1) is 13.5. The number of nitrogens with zero attached hydrogens (tertiary/aromatic N) is 1. The number of aromatic nitrogens is 1. The van der Waals surface area contributed by atoms with E-state index in [0.717, 1.165) is 31.4 Å². The third kappa shape index (κ3) is 6.01. The maximum Gasteiger partial charge on any atom is 0.319 e. The van der Waals surface area contributed by atoms with Crippen LogP contribution in [0.3, 0.4) is 0 Å². The summed E-state index contributed by atoms with van der Waals surface area (Å²) in [4.78, 5) is 16.1. The highest BCUT2D eigenvalue weighted by molar-refractivity contribution is 7.89. The van der Waals surface area contributed by atoms with Crippen LogP contribution in [0.1, 0.15) is 24.8 Å². The Balaban J connectivity index is 1.49. The normalized spacial score (nSPS) is 17.1. The molecule has 1 atom stereocenters. The Hall–Kier alpha value is -2.49. The van der Waals surface area contributed by atoms with Crippen molar-refractivity contribution >= 4 is 21.7 Å². The number of hydrogen-bond acceptors (Lipinski definition) is 5. The molecule has 1 unspecified atom stereocenters. The fourth-order valence-electron chi connectivity index (χ4n) is 2.97. The van der Waals surface area contributed by atoms with Crippen molar-refractivity contribution in [2.75, 3.05) is 18.4 Å². The molecule has 3 rings (SSSR count). The SMILES string of the molecule is O=C(NCc1cccnc1)Nc1ccc(S(=O)(=O)NCC2CCCCN2)cc1. The van der Waals surface area contributed by atoms with Crippen LogP contribution in [0, 0.1) is 0 Å². The fourth-order valence-corrected chi connectivity index (χ4v) is 4.05. The summed E-state index contributed by atoms with van der Waals surface area (Å²) < 4.78 is 27.5. The van der Waals surface area contributed by atoms with Crippen LogP contribution < -0.4 is 20.7 Å². The average Bonchev–Trinajstić information content (AvgIpc) is 2.73. The van der Waals surface area contributed by atoms with Gasteiger partial charge in [0, 0.05) is 37.2 Å². The number of benzene rings is 1. The predicted octanol–water partition coefficient (Wildman–Crippen LogP) is 1.82. The molecule has 9 heteroatoms. The van der Waals surface area contributed by atoms with Crippen molar-refractivity contribution in [2.45, 2.75) is 36.7 Å². The quantitative estimate of drug-likeness (QED) is 0.563. The van der Waals surface area contributed by atoms with Crippen LogP contribution in [-0.2, 0) is 16.6 Å². The van der Waals surface area contributed by atoms with Gasteiger partial charge < -0.3 is 16.0 Å². The number of sulfonamides is 1. The van der Waals surface area contributed by atoms with Crippen LogP contribution in [0.25, 0.3) is 0 Å². The van der Waals surface area contributed by atoms with Crippen molar-refractivity contribution < 1.29 is 13.2 Å². The molecule has 1 aromatic carbocycles. The number of pyridine rings is 1. The highest BCUT2D eigenvalue weighted by Crippen LogP contribution is 2.14. The van der Waals surface area contributed by atoms with E-state index in [4.69, 9.17) is 0 Å². The Labute approximate surface area is 165 Å². The molecular weight excluding hydrogens is 378 g/mol. The number of urea groups is 1. The van der Waals surface area contributed by atoms with Gasteiger partial charge in [0.05, 0.1) is 4.90 Å². The van der Waals surface area contributed by atoms with Gasteiger partial charge in [-0.25, -0.2) is 17.9 Å². The molecule has 0 bridgehead atoms. The first-order valence-corrected chi connectivity index (χ1v) is 10.8. The van der Waals surface area contributed by atoms with Crippen LogP contribution in [0.2, 0.25) is 0 Å². The van der Waals surface area contributed by atoms with Crippen molar-refractivity contribution in [1.82, 2.24) is 20.3 Å². The minimum atomic E-state index is -3.58. The Kier molecular flexibility index (Phi) is 6.96. The summed E-state index contributed by atoms with van der Waals surface area (Å²) in [5.74, 6) is 0. The molecule has 1 aromatic heterocycles. The van der Waals surface area contributed by atoms with Crippen molar-refractivity contribution in [3.05, 3.63) is 54.4 Å². The summed E-state index contributed by atoms with van der Waals surface area (Å²) in [6, 6.07) is 9.55. The smallest absolute Gasteiger partial charge is 0.319 e. The summed E-state index contributed by atoms with van der Waals surface area (Å²) in [6.07, 6.45) is 6.56. The van der Waals surface area contributed by atoms with Crippen LogP contribution in [0.4, 0.5) is 10.5 Å². The highest BCUT2D eigenvalue weighted by atomic mass is 32.2. The van der Waals surface area contributed by atoms with Gasteiger partial charge in [-0.1, -0.05) is 12.5 Å². The number of nitrogens with one attached hydrogen (secondary N) is 4. The topological polar surface area (TPSA) is 112 Å². The summed E-state index contributed by atoms with van der Waals surface area (Å²) >= 11 is 0. The monoisotopic (exact) mass is 403 g/mol. The second kappa shape index (κ2) is 9.63. The van der Waals surface area contributed by atoms with Crippen LogP contribution in [0.5, 0.6) is 0 Å². The first kappa shape index (κ1) is 20.2. The van der Waals surface area contributed by atoms with Gasteiger partial charge in [0.25, 0.3) is 0 Å². The minimum Gasteiger partial charge on any atom is -0.334 e. The molecule has 1 saturated heterocycles. The van der Waals surface area contributed by atoms with E-state index in [1.807, 2.05) is 6.07 Å². The fraction of sp³-hybridized carbons (Fsp3) is 0.368. The van der Waals surface area contributed by atoms with Crippen molar-refractivity contribution in [2.24, 2.45) is 0 Å². The standard InChI is InChI=1S/C19H25N5O3S/c25-19(22-13-15-4-3-10-20-12-15)24-16-6-8-18(9-7-16)28(26,27)23-14-17-5-1-2-11-21-17/h3-4,6-10,12,17,21,23H,1-2,5,11,13-14H2,(H2,22,24,25). The highest BCUT2D eigenvalue weighted by Gasteiger charge is 2.18. The molecule has 1 fully saturated rings. The largest absolute Gasteiger partial charge is 0.334 e. The minimum absolute atomic E-state index is 0.171. The van der Waals surface area contributed by atoms with Crippen molar-refractivity contribution in [1.29, 1.82) is 0 Å². The lowest BCUT2D eigenvalue weighted by molar-refractivity contribution is 0.251. The summed E-state index contributed by atoms with van der Waals surface area (Å²) in [6.45, 7) is 1.65. The van der Waals surface area contributed by atoms with E-state index in [0.29, 0.717) is 18.8 Å². The molecule has 0 saturated carbocycles. The third-order valence-corrected chi connectivity index (χ3v) is 5.97. The van der Waals surface area contributed by atoms with E-state index >= 15 is 0 Å². The molecule has 8 nitrogen and oxygen atoms in total. The van der Waals surface area contributed by atoms with Crippen molar-refractivity contribution in [3.63, 3.8) is 0 Å². The van der Waals surface area contributed by atoms with E-state index < -0.39 is 10.0 Å². The zero-order valence-electron chi connectivity index (χ0n) is 15.5. The number of amides is 2. The molecule has 0 radical (unpaired) electrons. The molecule has 150 valence electrons. The second-order valence-corrected chi connectivity index (χ2v) is 8.46. The lowest BCUT2D eigenvalue weighted by atomic mass is 10.1. The van der Waals surface area contributed by atoms with E-state index in [2.05, 4.69) is 25.7 Å². The van der Waals surface area contributed by atoms with Gasteiger partial charge in [0.1, 0.15) is 0 Å². The first-order valence-electron chi connectivity index (χ1n) is 9.30. The van der Waals surface area contributed by atoms with Gasteiger partial charge >= 0.3 is 6.03 Å². The molecule has 1 aliphatic rings. The Morgan fingerprint density at radius 2 is 2.00 bits per heavy atom. The van der Waals surface area contributed by atoms with Crippen LogP contribution >= 0.6 is 0 Å². The van der Waals surface area contributed by atoms with Gasteiger partial charge in [-0.05, 0) is 55.3 Å². The molecule has 0 spiro atoms. The predicted molar refractivity (Wildman–Crippen MR) is 107 cm³/mol. The average molecular weight is 404 g/mol. The Morgan fingerprint density at radius 3 is 2.68 bits per heavy atom.